The van der Waals surface area contributed by atoms with E-state index in [4.69, 9.17) is 9.47 Å². The van der Waals surface area contributed by atoms with Gasteiger partial charge in [-0.2, -0.15) is 10.5 Å². The van der Waals surface area contributed by atoms with Crippen molar-refractivity contribution in [2.75, 3.05) is 13.2 Å². The lowest BCUT2D eigenvalue weighted by Gasteiger charge is -2.22. The summed E-state index contributed by atoms with van der Waals surface area (Å²) in [6.45, 7) is 5.04. The van der Waals surface area contributed by atoms with Gasteiger partial charge in [-0.25, -0.2) is 0 Å². The molecule has 0 aliphatic rings. The zero-order chi connectivity index (χ0) is 22.8. The van der Waals surface area contributed by atoms with Gasteiger partial charge in [0, 0.05) is 35.9 Å². The molecular weight excluding hydrogens is 400 g/mol. The van der Waals surface area contributed by atoms with E-state index in [-0.39, 0.29) is 11.1 Å². The molecule has 162 valence electrons. The first kappa shape index (κ1) is 22.8. The number of hydrogen-bond acceptors (Lipinski definition) is 6. The molecule has 6 heteroatoms. The van der Waals surface area contributed by atoms with Crippen LogP contribution in [0.1, 0.15) is 50.7 Å². The van der Waals surface area contributed by atoms with Gasteiger partial charge in [-0.1, -0.05) is 26.7 Å². The third kappa shape index (κ3) is 4.87. The number of benzene rings is 1. The van der Waals surface area contributed by atoms with Crippen LogP contribution in [0, 0.1) is 22.7 Å². The van der Waals surface area contributed by atoms with Gasteiger partial charge in [-0.3, -0.25) is 9.97 Å². The fraction of sp³-hybridized carbons (Fsp3) is 0.308. The number of unbranched alkanes of at least 4 members (excludes halogenated alkanes) is 2. The molecule has 0 bridgehead atoms. The first-order valence-electron chi connectivity index (χ1n) is 10.9. The topological polar surface area (TPSA) is 91.8 Å². The van der Waals surface area contributed by atoms with Gasteiger partial charge in [0.25, 0.3) is 0 Å². The van der Waals surface area contributed by atoms with Gasteiger partial charge in [-0.05, 0) is 48.2 Å². The molecule has 0 spiro atoms. The van der Waals surface area contributed by atoms with Crippen LogP contribution in [-0.2, 0) is 0 Å². The van der Waals surface area contributed by atoms with E-state index in [1.807, 2.05) is 24.3 Å². The molecule has 0 radical (unpaired) electrons. The van der Waals surface area contributed by atoms with Crippen molar-refractivity contribution >= 4 is 0 Å². The number of pyridine rings is 2. The smallest absolute Gasteiger partial charge is 0.147 e. The second kappa shape index (κ2) is 11.5. The SMILES string of the molecule is CCCCOc1c(C#N)c(C#N)c(OCCCC)c(-c2ccncc2)c1-c1ccncc1. The van der Waals surface area contributed by atoms with Crippen LogP contribution in [0.25, 0.3) is 22.3 Å². The van der Waals surface area contributed by atoms with Crippen LogP contribution in [-0.4, -0.2) is 23.2 Å². The van der Waals surface area contributed by atoms with Crippen LogP contribution in [0.15, 0.2) is 49.1 Å². The highest BCUT2D eigenvalue weighted by Gasteiger charge is 2.28. The monoisotopic (exact) mass is 426 g/mol. The number of rotatable bonds is 10. The Morgan fingerprint density at radius 3 is 1.38 bits per heavy atom. The maximum absolute atomic E-state index is 10.1. The van der Waals surface area contributed by atoms with E-state index >= 15 is 0 Å². The van der Waals surface area contributed by atoms with E-state index in [2.05, 4.69) is 36.0 Å². The summed E-state index contributed by atoms with van der Waals surface area (Å²) in [5, 5.41) is 20.1. The summed E-state index contributed by atoms with van der Waals surface area (Å²) in [6, 6.07) is 11.9. The lowest BCUT2D eigenvalue weighted by atomic mass is 9.88. The molecule has 3 aromatic rings. The Labute approximate surface area is 189 Å². The molecule has 2 aromatic heterocycles. The summed E-state index contributed by atoms with van der Waals surface area (Å²) in [5.74, 6) is 0.803. The Morgan fingerprint density at radius 2 is 1.06 bits per heavy atom. The predicted molar refractivity (Wildman–Crippen MR) is 123 cm³/mol. The van der Waals surface area contributed by atoms with Crippen molar-refractivity contribution in [1.82, 2.24) is 9.97 Å². The maximum atomic E-state index is 10.1. The number of hydrogen-bond donors (Lipinski definition) is 0. The van der Waals surface area contributed by atoms with Crippen LogP contribution in [0.3, 0.4) is 0 Å². The van der Waals surface area contributed by atoms with Crippen molar-refractivity contribution in [2.24, 2.45) is 0 Å². The van der Waals surface area contributed by atoms with Crippen molar-refractivity contribution in [1.29, 1.82) is 10.5 Å². The second-order valence-electron chi connectivity index (χ2n) is 7.26. The predicted octanol–water partition coefficient (Wildman–Crippen LogP) is 5.91. The minimum atomic E-state index is 0.194. The van der Waals surface area contributed by atoms with E-state index in [0.29, 0.717) is 24.7 Å². The van der Waals surface area contributed by atoms with Crippen LogP contribution >= 0.6 is 0 Å². The van der Waals surface area contributed by atoms with Gasteiger partial charge in [0.1, 0.15) is 34.8 Å². The molecule has 2 heterocycles. The zero-order valence-corrected chi connectivity index (χ0v) is 18.5. The molecule has 32 heavy (non-hydrogen) atoms. The van der Waals surface area contributed by atoms with Crippen molar-refractivity contribution in [2.45, 2.75) is 39.5 Å². The molecule has 0 atom stereocenters. The van der Waals surface area contributed by atoms with Gasteiger partial charge < -0.3 is 9.47 Å². The standard InChI is InChI=1S/C26H26N4O2/c1-3-5-15-31-25-21(17-27)22(18-28)26(32-16-6-4-2)24(20-9-13-30-14-10-20)23(25)19-7-11-29-12-8-19/h7-14H,3-6,15-16H2,1-2H3. The minimum Gasteiger partial charge on any atom is -0.491 e. The Morgan fingerprint density at radius 1 is 0.688 bits per heavy atom. The first-order chi connectivity index (χ1) is 15.8. The van der Waals surface area contributed by atoms with E-state index < -0.39 is 0 Å². The molecule has 6 nitrogen and oxygen atoms in total. The molecule has 0 saturated carbocycles. The minimum absolute atomic E-state index is 0.194. The van der Waals surface area contributed by atoms with Gasteiger partial charge in [0.2, 0.25) is 0 Å². The summed E-state index contributed by atoms with van der Waals surface area (Å²) in [6.07, 6.45) is 10.4. The van der Waals surface area contributed by atoms with Gasteiger partial charge in [0.05, 0.1) is 13.2 Å². The van der Waals surface area contributed by atoms with E-state index in [0.717, 1.165) is 47.9 Å². The average Bonchev–Trinajstić information content (AvgIpc) is 2.85. The molecule has 3 rings (SSSR count). The highest BCUT2D eigenvalue weighted by molar-refractivity contribution is 5.95. The highest BCUT2D eigenvalue weighted by atomic mass is 16.5. The third-order valence-electron chi connectivity index (χ3n) is 5.06. The molecule has 0 unspecified atom stereocenters. The lowest BCUT2D eigenvalue weighted by molar-refractivity contribution is 0.301. The third-order valence-corrected chi connectivity index (χ3v) is 5.06. The van der Waals surface area contributed by atoms with Gasteiger partial charge in [0.15, 0.2) is 0 Å². The lowest BCUT2D eigenvalue weighted by Crippen LogP contribution is -2.08. The first-order valence-corrected chi connectivity index (χ1v) is 10.9. The Kier molecular flexibility index (Phi) is 8.17. The molecule has 0 aliphatic heterocycles. The number of nitriles is 2. The summed E-state index contributed by atoms with van der Waals surface area (Å²) >= 11 is 0. The van der Waals surface area contributed by atoms with E-state index in [1.165, 1.54) is 0 Å². The summed E-state index contributed by atoms with van der Waals surface area (Å²) < 4.78 is 12.3. The quantitative estimate of drug-likeness (QED) is 0.374. The molecule has 0 saturated heterocycles. The van der Waals surface area contributed by atoms with Crippen LogP contribution in [0.4, 0.5) is 0 Å². The molecular formula is C26H26N4O2. The Hall–Kier alpha value is -3.90. The highest BCUT2D eigenvalue weighted by Crippen LogP contribution is 2.49. The van der Waals surface area contributed by atoms with Crippen molar-refractivity contribution < 1.29 is 9.47 Å². The number of ether oxygens (including phenoxy) is 2. The fourth-order valence-corrected chi connectivity index (χ4v) is 3.43. The largest absolute Gasteiger partial charge is 0.491 e. The van der Waals surface area contributed by atoms with Crippen molar-refractivity contribution in [3.05, 3.63) is 60.2 Å². The summed E-state index contributed by atoms with van der Waals surface area (Å²) in [5.41, 5.74) is 3.49. The Balaban J connectivity index is 2.42. The molecule has 0 N–H and O–H groups in total. The molecule has 0 amide bonds. The number of nitrogens with zero attached hydrogens (tertiary/aromatic N) is 4. The van der Waals surface area contributed by atoms with Crippen LogP contribution in [0.2, 0.25) is 0 Å². The normalized spacial score (nSPS) is 10.2. The van der Waals surface area contributed by atoms with Crippen molar-refractivity contribution in [3.63, 3.8) is 0 Å². The zero-order valence-electron chi connectivity index (χ0n) is 18.5. The number of aromatic nitrogens is 2. The fourth-order valence-electron chi connectivity index (χ4n) is 3.43. The van der Waals surface area contributed by atoms with E-state index in [1.54, 1.807) is 24.8 Å². The van der Waals surface area contributed by atoms with Gasteiger partial charge >= 0.3 is 0 Å². The van der Waals surface area contributed by atoms with Crippen LogP contribution < -0.4 is 9.47 Å². The van der Waals surface area contributed by atoms with Gasteiger partial charge in [-0.15, -0.1) is 0 Å². The average molecular weight is 427 g/mol. The van der Waals surface area contributed by atoms with E-state index in [9.17, 15) is 10.5 Å². The maximum Gasteiger partial charge on any atom is 0.147 e. The van der Waals surface area contributed by atoms with Crippen LogP contribution in [0.5, 0.6) is 11.5 Å². The Bertz CT molecular complexity index is 1030. The van der Waals surface area contributed by atoms with Crippen molar-refractivity contribution in [3.8, 4) is 45.9 Å². The molecule has 0 fully saturated rings. The summed E-state index contributed by atoms with van der Waals surface area (Å²) in [7, 11) is 0. The molecule has 0 aliphatic carbocycles. The summed E-state index contributed by atoms with van der Waals surface area (Å²) in [4.78, 5) is 8.28. The second-order valence-corrected chi connectivity index (χ2v) is 7.26. The molecule has 1 aromatic carbocycles.